The average Bonchev–Trinajstić information content (AvgIpc) is 3.36. The standard InChI is InChI=1S/C29H32F2N8O2.C2H6/c1-17(2)39-18(3)33-28-21(30)12-20(13-24(28)39)27-22(31)14-32-29(36-27)35-25-5-4-19-15-38(7-6-23(19)34-25)26(40)16-37-8-10-41-11-9-37;1-2/h4-5,12-14,17H,6-11,15-16H2,1-3H3,(H,32,34,35,36);1-2H3. The number of aryl methyl sites for hydroxylation is 1. The van der Waals surface area contributed by atoms with E-state index in [1.54, 1.807) is 12.1 Å². The molecule has 2 aliphatic rings. The van der Waals surface area contributed by atoms with Gasteiger partial charge in [0.25, 0.3) is 0 Å². The Kier molecular flexibility index (Phi) is 9.26. The van der Waals surface area contributed by atoms with Crippen molar-refractivity contribution in [3.8, 4) is 11.3 Å². The summed E-state index contributed by atoms with van der Waals surface area (Å²) in [6.45, 7) is 14.1. The summed E-state index contributed by atoms with van der Waals surface area (Å²) in [6.07, 6.45) is 1.69. The smallest absolute Gasteiger partial charge is 0.237 e. The van der Waals surface area contributed by atoms with Gasteiger partial charge in [0, 0.05) is 49.9 Å². The quantitative estimate of drug-likeness (QED) is 0.332. The summed E-state index contributed by atoms with van der Waals surface area (Å²) in [4.78, 5) is 34.3. The Hall–Kier alpha value is -4.03. The van der Waals surface area contributed by atoms with Crippen LogP contribution in [0.2, 0.25) is 0 Å². The van der Waals surface area contributed by atoms with E-state index in [1.165, 1.54) is 6.07 Å². The molecule has 4 aromatic rings. The third-order valence-corrected chi connectivity index (χ3v) is 7.56. The summed E-state index contributed by atoms with van der Waals surface area (Å²) in [5.74, 6) is 0.224. The van der Waals surface area contributed by atoms with E-state index in [0.29, 0.717) is 62.0 Å². The van der Waals surface area contributed by atoms with Gasteiger partial charge in [0.15, 0.2) is 11.6 Å². The first-order valence-corrected chi connectivity index (χ1v) is 14.8. The highest BCUT2D eigenvalue weighted by Gasteiger charge is 2.24. The first-order valence-electron chi connectivity index (χ1n) is 14.8. The zero-order valence-corrected chi connectivity index (χ0v) is 25.3. The number of imidazole rings is 1. The third-order valence-electron chi connectivity index (χ3n) is 7.56. The minimum Gasteiger partial charge on any atom is -0.379 e. The molecule has 1 N–H and O–H groups in total. The number of anilines is 2. The molecule has 10 nitrogen and oxygen atoms in total. The van der Waals surface area contributed by atoms with E-state index in [2.05, 4.69) is 25.2 Å². The Morgan fingerprint density at radius 1 is 1.05 bits per heavy atom. The number of aromatic nitrogens is 5. The van der Waals surface area contributed by atoms with Crippen molar-refractivity contribution in [2.24, 2.45) is 0 Å². The lowest BCUT2D eigenvalue weighted by Crippen LogP contribution is -2.46. The van der Waals surface area contributed by atoms with Crippen molar-refractivity contribution >= 4 is 28.7 Å². The molecule has 0 atom stereocenters. The van der Waals surface area contributed by atoms with Crippen molar-refractivity contribution in [1.29, 1.82) is 0 Å². The normalized spacial score (nSPS) is 15.3. The average molecular weight is 593 g/mol. The zero-order chi connectivity index (χ0) is 30.7. The molecule has 0 unspecified atom stereocenters. The number of fused-ring (bicyclic) bond motifs is 2. The number of hydrogen-bond donors (Lipinski definition) is 1. The van der Waals surface area contributed by atoms with Crippen LogP contribution in [0, 0.1) is 18.6 Å². The van der Waals surface area contributed by atoms with Crippen molar-refractivity contribution in [3.63, 3.8) is 0 Å². The molecule has 43 heavy (non-hydrogen) atoms. The molecule has 12 heteroatoms. The van der Waals surface area contributed by atoms with Crippen LogP contribution >= 0.6 is 0 Å². The van der Waals surface area contributed by atoms with Crippen LogP contribution in [0.3, 0.4) is 0 Å². The van der Waals surface area contributed by atoms with Crippen LogP contribution in [0.1, 0.15) is 50.8 Å². The lowest BCUT2D eigenvalue weighted by atomic mass is 10.1. The molecule has 228 valence electrons. The Morgan fingerprint density at radius 2 is 1.81 bits per heavy atom. The Labute approximate surface area is 250 Å². The van der Waals surface area contributed by atoms with E-state index < -0.39 is 11.6 Å². The number of morpholine rings is 1. The van der Waals surface area contributed by atoms with Crippen LogP contribution in [0.25, 0.3) is 22.3 Å². The van der Waals surface area contributed by atoms with Gasteiger partial charge in [-0.05, 0) is 44.5 Å². The van der Waals surface area contributed by atoms with Crippen molar-refractivity contribution < 1.29 is 18.3 Å². The molecule has 1 saturated heterocycles. The molecular weight excluding hydrogens is 554 g/mol. The highest BCUT2D eigenvalue weighted by Crippen LogP contribution is 2.30. The molecule has 1 amide bonds. The first kappa shape index (κ1) is 30.4. The predicted molar refractivity (Wildman–Crippen MR) is 161 cm³/mol. The van der Waals surface area contributed by atoms with Gasteiger partial charge in [0.05, 0.1) is 31.5 Å². The highest BCUT2D eigenvalue weighted by atomic mass is 19.1. The Balaban J connectivity index is 0.00000180. The number of benzene rings is 1. The second-order valence-electron chi connectivity index (χ2n) is 10.7. The molecule has 0 bridgehead atoms. The maximum Gasteiger partial charge on any atom is 0.237 e. The summed E-state index contributed by atoms with van der Waals surface area (Å²) >= 11 is 0. The minimum absolute atomic E-state index is 0.0233. The number of carbonyl (C=O) groups is 1. The topological polar surface area (TPSA) is 101 Å². The molecule has 2 aliphatic heterocycles. The van der Waals surface area contributed by atoms with Crippen LogP contribution in [0.4, 0.5) is 20.5 Å². The van der Waals surface area contributed by atoms with Gasteiger partial charge in [-0.25, -0.2) is 28.7 Å². The fourth-order valence-electron chi connectivity index (χ4n) is 5.55. The lowest BCUT2D eigenvalue weighted by Gasteiger charge is -2.32. The number of amides is 1. The summed E-state index contributed by atoms with van der Waals surface area (Å²) < 4.78 is 37.2. The number of nitrogens with zero attached hydrogens (tertiary/aromatic N) is 7. The third kappa shape index (κ3) is 6.50. The van der Waals surface area contributed by atoms with Crippen LogP contribution in [0.5, 0.6) is 0 Å². The summed E-state index contributed by atoms with van der Waals surface area (Å²) in [7, 11) is 0. The Bertz CT molecular complexity index is 1620. The van der Waals surface area contributed by atoms with Crippen LogP contribution in [-0.2, 0) is 22.5 Å². The molecule has 5 heterocycles. The minimum atomic E-state index is -0.665. The van der Waals surface area contributed by atoms with E-state index in [4.69, 9.17) is 9.72 Å². The van der Waals surface area contributed by atoms with Crippen LogP contribution in [0.15, 0.2) is 30.5 Å². The predicted octanol–water partition coefficient (Wildman–Crippen LogP) is 5.04. The van der Waals surface area contributed by atoms with E-state index >= 15 is 4.39 Å². The van der Waals surface area contributed by atoms with Crippen molar-refractivity contribution in [2.75, 3.05) is 44.7 Å². The van der Waals surface area contributed by atoms with E-state index in [9.17, 15) is 9.18 Å². The maximum atomic E-state index is 15.0. The summed E-state index contributed by atoms with van der Waals surface area (Å²) in [6, 6.07) is 6.72. The monoisotopic (exact) mass is 592 g/mol. The van der Waals surface area contributed by atoms with Gasteiger partial charge < -0.3 is 19.5 Å². The lowest BCUT2D eigenvalue weighted by molar-refractivity contribution is -0.134. The van der Waals surface area contributed by atoms with Gasteiger partial charge in [0.2, 0.25) is 11.9 Å². The van der Waals surface area contributed by atoms with Gasteiger partial charge in [-0.1, -0.05) is 19.9 Å². The van der Waals surface area contributed by atoms with E-state index in [1.807, 2.05) is 50.2 Å². The van der Waals surface area contributed by atoms with Crippen LogP contribution in [-0.4, -0.2) is 79.6 Å². The molecule has 0 spiro atoms. The largest absolute Gasteiger partial charge is 0.379 e. The second-order valence-corrected chi connectivity index (χ2v) is 10.7. The molecule has 3 aromatic heterocycles. The van der Waals surface area contributed by atoms with Crippen molar-refractivity contribution in [1.82, 2.24) is 34.3 Å². The fraction of sp³-hybridized carbons (Fsp3) is 0.452. The highest BCUT2D eigenvalue weighted by molar-refractivity contribution is 5.83. The number of ether oxygens (including phenoxy) is 1. The van der Waals surface area contributed by atoms with E-state index in [0.717, 1.165) is 30.5 Å². The molecule has 1 fully saturated rings. The first-order chi connectivity index (χ1) is 20.8. The number of rotatable bonds is 6. The van der Waals surface area contributed by atoms with Gasteiger partial charge in [-0.3, -0.25) is 9.69 Å². The summed E-state index contributed by atoms with van der Waals surface area (Å²) in [5.41, 5.74) is 2.96. The molecule has 0 saturated carbocycles. The fourth-order valence-corrected chi connectivity index (χ4v) is 5.55. The molecule has 1 aromatic carbocycles. The number of carbonyl (C=O) groups excluding carboxylic acids is 1. The van der Waals surface area contributed by atoms with Crippen molar-refractivity contribution in [3.05, 3.63) is 59.2 Å². The molecule has 0 radical (unpaired) electrons. The number of hydrogen-bond acceptors (Lipinski definition) is 8. The van der Waals surface area contributed by atoms with Gasteiger partial charge in [-0.15, -0.1) is 0 Å². The number of nitrogens with one attached hydrogen (secondary N) is 1. The molecule has 6 rings (SSSR count). The Morgan fingerprint density at radius 3 is 2.56 bits per heavy atom. The SMILES string of the molecule is CC.Cc1nc2c(F)cc(-c3nc(Nc4ccc5c(n4)CCN(C(=O)CN4CCOCC4)C5)ncc3F)cc2n1C(C)C. The summed E-state index contributed by atoms with van der Waals surface area (Å²) in [5, 5.41) is 3.05. The van der Waals surface area contributed by atoms with Gasteiger partial charge >= 0.3 is 0 Å². The maximum absolute atomic E-state index is 15.0. The molecular formula is C31H38F2N8O2. The molecule has 0 aliphatic carbocycles. The van der Waals surface area contributed by atoms with Gasteiger partial charge in [-0.2, -0.15) is 0 Å². The number of halogens is 2. The number of pyridine rings is 1. The van der Waals surface area contributed by atoms with Crippen molar-refractivity contribution in [2.45, 2.75) is 53.6 Å². The van der Waals surface area contributed by atoms with E-state index in [-0.39, 0.29) is 29.1 Å². The zero-order valence-electron chi connectivity index (χ0n) is 25.3. The second kappa shape index (κ2) is 13.1. The van der Waals surface area contributed by atoms with Gasteiger partial charge in [0.1, 0.15) is 22.9 Å². The van der Waals surface area contributed by atoms with Crippen LogP contribution < -0.4 is 5.32 Å².